The summed E-state index contributed by atoms with van der Waals surface area (Å²) in [7, 11) is 3.01. The van der Waals surface area contributed by atoms with Gasteiger partial charge in [-0.25, -0.2) is 0 Å². The number of ether oxygens (including phenoxy) is 2. The second-order valence-corrected chi connectivity index (χ2v) is 5.48. The molecule has 0 aliphatic heterocycles. The molecule has 1 heterocycles. The number of fused-ring (bicyclic) bond motifs is 1. The number of aromatic nitrogens is 2. The number of amides is 1. The van der Waals surface area contributed by atoms with Gasteiger partial charge < -0.3 is 19.8 Å². The predicted octanol–water partition coefficient (Wildman–Crippen LogP) is 1.35. The number of H-pyrrole nitrogens is 1. The van der Waals surface area contributed by atoms with E-state index in [9.17, 15) is 14.4 Å². The molecule has 2 aromatic carbocycles. The van der Waals surface area contributed by atoms with Crippen molar-refractivity contribution in [3.05, 3.63) is 63.2 Å². The van der Waals surface area contributed by atoms with Gasteiger partial charge in [-0.15, -0.1) is 0 Å². The smallest absolute Gasteiger partial charge is 0.317 e. The van der Waals surface area contributed by atoms with E-state index in [1.54, 1.807) is 42.5 Å². The summed E-state index contributed by atoms with van der Waals surface area (Å²) in [5, 5.41) is 2.68. The van der Waals surface area contributed by atoms with Crippen molar-refractivity contribution in [1.29, 1.82) is 0 Å². The molecule has 0 spiro atoms. The number of rotatable bonds is 5. The Bertz CT molecular complexity index is 1080. The maximum absolute atomic E-state index is 12.4. The number of benzene rings is 2. The van der Waals surface area contributed by atoms with Gasteiger partial charge in [0.15, 0.2) is 11.5 Å². The largest absolute Gasteiger partial charge is 0.493 e. The van der Waals surface area contributed by atoms with Crippen LogP contribution >= 0.6 is 0 Å². The molecule has 0 saturated heterocycles. The Morgan fingerprint density at radius 3 is 2.54 bits per heavy atom. The SMILES string of the molecule is COc1ccc(NC(=O)Cn2c(=O)c(=O)[nH]c3ccccc32)cc1OC. The normalized spacial score (nSPS) is 10.5. The number of aromatic amines is 1. The second-order valence-electron chi connectivity index (χ2n) is 5.48. The van der Waals surface area contributed by atoms with Gasteiger partial charge in [-0.1, -0.05) is 12.1 Å². The molecule has 134 valence electrons. The van der Waals surface area contributed by atoms with Crippen molar-refractivity contribution in [2.45, 2.75) is 6.54 Å². The number of nitrogens with one attached hydrogen (secondary N) is 2. The standard InChI is InChI=1S/C18H17N3O5/c1-25-14-8-7-11(9-15(14)26-2)19-16(22)10-21-13-6-4-3-5-12(13)20-17(23)18(21)24/h3-9H,10H2,1-2H3,(H,19,22)(H,20,23). The second kappa shape index (κ2) is 7.14. The molecule has 0 aliphatic rings. The lowest BCUT2D eigenvalue weighted by Gasteiger charge is -2.12. The van der Waals surface area contributed by atoms with Gasteiger partial charge in [0, 0.05) is 11.8 Å². The van der Waals surface area contributed by atoms with Crippen LogP contribution in [0.2, 0.25) is 0 Å². The molecule has 2 N–H and O–H groups in total. The average molecular weight is 355 g/mol. The molecule has 26 heavy (non-hydrogen) atoms. The molecule has 8 nitrogen and oxygen atoms in total. The van der Waals surface area contributed by atoms with Gasteiger partial charge in [0.1, 0.15) is 6.54 Å². The Kier molecular flexibility index (Phi) is 4.74. The van der Waals surface area contributed by atoms with Crippen LogP contribution in [0.3, 0.4) is 0 Å². The van der Waals surface area contributed by atoms with Gasteiger partial charge in [-0.3, -0.25) is 19.0 Å². The summed E-state index contributed by atoms with van der Waals surface area (Å²) in [5.41, 5.74) is -0.126. The number of hydrogen-bond donors (Lipinski definition) is 2. The van der Waals surface area contributed by atoms with Gasteiger partial charge in [0.05, 0.1) is 25.3 Å². The highest BCUT2D eigenvalue weighted by atomic mass is 16.5. The summed E-state index contributed by atoms with van der Waals surface area (Å²) in [6.45, 7) is -0.294. The zero-order valence-electron chi connectivity index (χ0n) is 14.2. The topological polar surface area (TPSA) is 102 Å². The molecule has 3 rings (SSSR count). The molecule has 0 saturated carbocycles. The van der Waals surface area contributed by atoms with Crippen LogP contribution in [-0.2, 0) is 11.3 Å². The molecule has 8 heteroatoms. The fourth-order valence-corrected chi connectivity index (χ4v) is 2.64. The summed E-state index contributed by atoms with van der Waals surface area (Å²) in [5.74, 6) is 0.543. The van der Waals surface area contributed by atoms with Crippen molar-refractivity contribution in [2.75, 3.05) is 19.5 Å². The fourth-order valence-electron chi connectivity index (χ4n) is 2.64. The average Bonchev–Trinajstić information content (AvgIpc) is 2.65. The Hall–Kier alpha value is -3.55. The van der Waals surface area contributed by atoms with E-state index >= 15 is 0 Å². The summed E-state index contributed by atoms with van der Waals surface area (Å²) < 4.78 is 11.5. The first kappa shape index (κ1) is 17.3. The highest BCUT2D eigenvalue weighted by Gasteiger charge is 2.12. The molecule has 1 aromatic heterocycles. The summed E-state index contributed by atoms with van der Waals surface area (Å²) in [4.78, 5) is 38.8. The highest BCUT2D eigenvalue weighted by molar-refractivity contribution is 5.91. The van der Waals surface area contributed by atoms with Gasteiger partial charge >= 0.3 is 11.1 Å². The van der Waals surface area contributed by atoms with Gasteiger partial charge in [-0.2, -0.15) is 0 Å². The minimum atomic E-state index is -0.786. The number of hydrogen-bond acceptors (Lipinski definition) is 5. The van der Waals surface area contributed by atoms with Crippen LogP contribution in [0.5, 0.6) is 11.5 Å². The number of anilines is 1. The van der Waals surface area contributed by atoms with Crippen LogP contribution in [0, 0.1) is 0 Å². The molecule has 0 unspecified atom stereocenters. The molecule has 3 aromatic rings. The van der Waals surface area contributed by atoms with Crippen LogP contribution in [0.4, 0.5) is 5.69 Å². The van der Waals surface area contributed by atoms with Crippen LogP contribution in [0.25, 0.3) is 11.0 Å². The van der Waals surface area contributed by atoms with E-state index in [4.69, 9.17) is 9.47 Å². The molecular formula is C18H17N3O5. The maximum Gasteiger partial charge on any atom is 0.317 e. The van der Waals surface area contributed by atoms with Gasteiger partial charge in [0.2, 0.25) is 5.91 Å². The number of carbonyl (C=O) groups is 1. The molecule has 0 radical (unpaired) electrons. The van der Waals surface area contributed by atoms with Crippen LogP contribution < -0.4 is 25.9 Å². The predicted molar refractivity (Wildman–Crippen MR) is 97.0 cm³/mol. The van der Waals surface area contributed by atoms with E-state index in [1.807, 2.05) is 0 Å². The van der Waals surface area contributed by atoms with E-state index in [2.05, 4.69) is 10.3 Å². The van der Waals surface area contributed by atoms with Crippen molar-refractivity contribution in [2.24, 2.45) is 0 Å². The lowest BCUT2D eigenvalue weighted by molar-refractivity contribution is -0.116. The first-order chi connectivity index (χ1) is 12.5. The summed E-state index contributed by atoms with van der Waals surface area (Å²) in [6, 6.07) is 11.7. The Morgan fingerprint density at radius 1 is 1.08 bits per heavy atom. The fraction of sp³-hybridized carbons (Fsp3) is 0.167. The van der Waals surface area contributed by atoms with Crippen molar-refractivity contribution < 1.29 is 14.3 Å². The number of nitrogens with zero attached hydrogens (tertiary/aromatic N) is 1. The summed E-state index contributed by atoms with van der Waals surface area (Å²) >= 11 is 0. The summed E-state index contributed by atoms with van der Waals surface area (Å²) in [6.07, 6.45) is 0. The monoisotopic (exact) mass is 355 g/mol. The van der Waals surface area contributed by atoms with Crippen LogP contribution in [0.15, 0.2) is 52.1 Å². The first-order valence-corrected chi connectivity index (χ1v) is 7.77. The maximum atomic E-state index is 12.4. The third-order valence-corrected chi connectivity index (χ3v) is 3.85. The van der Waals surface area contributed by atoms with Crippen LogP contribution in [0.1, 0.15) is 0 Å². The van der Waals surface area contributed by atoms with Crippen molar-refractivity contribution in [3.63, 3.8) is 0 Å². The lowest BCUT2D eigenvalue weighted by atomic mass is 10.2. The number of para-hydroxylation sites is 2. The minimum Gasteiger partial charge on any atom is -0.493 e. The molecule has 0 bridgehead atoms. The van der Waals surface area contributed by atoms with Crippen LogP contribution in [-0.4, -0.2) is 29.7 Å². The third kappa shape index (κ3) is 3.30. The number of methoxy groups -OCH3 is 2. The molecule has 0 fully saturated rings. The van der Waals surface area contributed by atoms with Crippen molar-refractivity contribution >= 4 is 22.6 Å². The highest BCUT2D eigenvalue weighted by Crippen LogP contribution is 2.29. The minimum absolute atomic E-state index is 0.294. The lowest BCUT2D eigenvalue weighted by Crippen LogP contribution is -2.38. The molecular weight excluding hydrogens is 338 g/mol. The number of carbonyl (C=O) groups excluding carboxylic acids is 1. The zero-order valence-corrected chi connectivity index (χ0v) is 14.2. The molecule has 0 aliphatic carbocycles. The van der Waals surface area contributed by atoms with Gasteiger partial charge in [-0.05, 0) is 24.3 Å². The van der Waals surface area contributed by atoms with Crippen molar-refractivity contribution in [3.8, 4) is 11.5 Å². The Morgan fingerprint density at radius 2 is 1.81 bits per heavy atom. The quantitative estimate of drug-likeness (QED) is 0.673. The van der Waals surface area contributed by atoms with Gasteiger partial charge in [0.25, 0.3) is 0 Å². The first-order valence-electron chi connectivity index (χ1n) is 7.77. The Balaban J connectivity index is 1.90. The van der Waals surface area contributed by atoms with E-state index in [0.29, 0.717) is 28.2 Å². The molecule has 0 atom stereocenters. The molecule has 1 amide bonds. The van der Waals surface area contributed by atoms with Crippen molar-refractivity contribution in [1.82, 2.24) is 9.55 Å². The third-order valence-electron chi connectivity index (χ3n) is 3.85. The van der Waals surface area contributed by atoms with E-state index < -0.39 is 17.0 Å². The zero-order chi connectivity index (χ0) is 18.7. The van der Waals surface area contributed by atoms with E-state index in [1.165, 1.54) is 14.2 Å². The van der Waals surface area contributed by atoms with E-state index in [-0.39, 0.29) is 6.54 Å². The van der Waals surface area contributed by atoms with E-state index in [0.717, 1.165) is 4.57 Å². The Labute approximate surface area is 148 Å².